The quantitative estimate of drug-likeness (QED) is 0.423. The molecule has 5 aromatic rings. The Morgan fingerprint density at radius 3 is 1.48 bits per heavy atom. The maximum atomic E-state index is 10.6. The van der Waals surface area contributed by atoms with E-state index < -0.39 is 5.69 Å². The largest absolute Gasteiger partial charge is 0.325 e. The molecule has 0 unspecified atom stereocenters. The van der Waals surface area contributed by atoms with Gasteiger partial charge in [-0.05, 0) is 39.2 Å². The molecule has 0 aliphatic rings. The average molecular weight is 328 g/mol. The summed E-state index contributed by atoms with van der Waals surface area (Å²) in [6, 6.07) is 21.9. The normalized spacial score (nSPS) is 10.9. The first kappa shape index (κ1) is 15.1. The van der Waals surface area contributed by atoms with Crippen molar-refractivity contribution in [3.8, 4) is 0 Å². The van der Waals surface area contributed by atoms with E-state index in [0.29, 0.717) is 5.56 Å². The first-order valence-corrected chi connectivity index (χ1v) is 8.04. The fourth-order valence-corrected chi connectivity index (χ4v) is 3.15. The SMILES string of the molecule is Cc1c[nH]c(=O)[nH]c1=O.c1cc2ccc3cccc4ccc(c1)c2c34. The van der Waals surface area contributed by atoms with Gasteiger partial charge in [-0.2, -0.15) is 0 Å². The monoisotopic (exact) mass is 328 g/mol. The van der Waals surface area contributed by atoms with E-state index in [9.17, 15) is 9.59 Å². The van der Waals surface area contributed by atoms with Crippen LogP contribution in [0.4, 0.5) is 0 Å². The molecule has 0 aliphatic carbocycles. The molecular formula is C21H16N2O2. The summed E-state index contributed by atoms with van der Waals surface area (Å²) in [5.74, 6) is 0. The average Bonchev–Trinajstić information content (AvgIpc) is 2.64. The van der Waals surface area contributed by atoms with Gasteiger partial charge in [0, 0.05) is 11.8 Å². The zero-order valence-electron chi connectivity index (χ0n) is 13.7. The van der Waals surface area contributed by atoms with Crippen molar-refractivity contribution < 1.29 is 0 Å². The molecule has 5 rings (SSSR count). The summed E-state index contributed by atoms with van der Waals surface area (Å²) in [7, 11) is 0. The van der Waals surface area contributed by atoms with Crippen LogP contribution in [0, 0.1) is 6.92 Å². The fourth-order valence-electron chi connectivity index (χ4n) is 3.15. The third-order valence-corrected chi connectivity index (χ3v) is 4.40. The number of H-pyrrole nitrogens is 2. The van der Waals surface area contributed by atoms with Crippen molar-refractivity contribution >= 4 is 32.3 Å². The number of aromatic amines is 2. The number of hydrogen-bond donors (Lipinski definition) is 2. The van der Waals surface area contributed by atoms with E-state index in [0.717, 1.165) is 0 Å². The molecule has 0 atom stereocenters. The predicted molar refractivity (Wildman–Crippen MR) is 103 cm³/mol. The van der Waals surface area contributed by atoms with Gasteiger partial charge in [0.05, 0.1) is 0 Å². The van der Waals surface area contributed by atoms with E-state index in [2.05, 4.69) is 70.6 Å². The zero-order chi connectivity index (χ0) is 17.4. The second-order valence-electron chi connectivity index (χ2n) is 6.04. The molecule has 1 heterocycles. The Morgan fingerprint density at radius 2 is 1.12 bits per heavy atom. The van der Waals surface area contributed by atoms with Crippen LogP contribution in [0.5, 0.6) is 0 Å². The summed E-state index contributed by atoms with van der Waals surface area (Å²) in [6.07, 6.45) is 1.38. The molecule has 4 nitrogen and oxygen atoms in total. The molecule has 0 aliphatic heterocycles. The van der Waals surface area contributed by atoms with Crippen LogP contribution in [0.15, 0.2) is 76.4 Å². The fraction of sp³-hybridized carbons (Fsp3) is 0.0476. The molecular weight excluding hydrogens is 312 g/mol. The van der Waals surface area contributed by atoms with Crippen LogP contribution >= 0.6 is 0 Å². The lowest BCUT2D eigenvalue weighted by molar-refractivity contribution is 1.01. The molecule has 0 spiro atoms. The number of aromatic nitrogens is 2. The topological polar surface area (TPSA) is 65.7 Å². The smallest absolute Gasteiger partial charge is 0.314 e. The minimum absolute atomic E-state index is 0.334. The van der Waals surface area contributed by atoms with Crippen molar-refractivity contribution in [3.63, 3.8) is 0 Å². The van der Waals surface area contributed by atoms with Crippen LogP contribution in [0.25, 0.3) is 32.3 Å². The lowest BCUT2D eigenvalue weighted by Crippen LogP contribution is -2.22. The van der Waals surface area contributed by atoms with Crippen molar-refractivity contribution in [2.75, 3.05) is 0 Å². The van der Waals surface area contributed by atoms with Crippen LogP contribution in [0.2, 0.25) is 0 Å². The molecule has 1 aromatic heterocycles. The van der Waals surface area contributed by atoms with Gasteiger partial charge in [0.15, 0.2) is 0 Å². The maximum Gasteiger partial charge on any atom is 0.325 e. The van der Waals surface area contributed by atoms with Gasteiger partial charge < -0.3 is 4.98 Å². The van der Waals surface area contributed by atoms with Crippen LogP contribution in [-0.4, -0.2) is 9.97 Å². The van der Waals surface area contributed by atoms with Crippen molar-refractivity contribution in [2.45, 2.75) is 6.92 Å². The summed E-state index contributed by atoms with van der Waals surface area (Å²) in [5, 5.41) is 8.14. The molecule has 4 aromatic carbocycles. The van der Waals surface area contributed by atoms with E-state index in [-0.39, 0.29) is 5.56 Å². The maximum absolute atomic E-state index is 10.6. The molecule has 25 heavy (non-hydrogen) atoms. The minimum atomic E-state index is -0.467. The number of nitrogens with one attached hydrogen (secondary N) is 2. The molecule has 2 N–H and O–H groups in total. The molecule has 0 saturated heterocycles. The third kappa shape index (κ3) is 2.68. The van der Waals surface area contributed by atoms with Crippen LogP contribution < -0.4 is 11.2 Å². The summed E-state index contributed by atoms with van der Waals surface area (Å²) in [5.41, 5.74) is -0.293. The number of hydrogen-bond acceptors (Lipinski definition) is 2. The Kier molecular flexibility index (Phi) is 3.58. The zero-order valence-corrected chi connectivity index (χ0v) is 13.7. The van der Waals surface area contributed by atoms with Crippen LogP contribution in [-0.2, 0) is 0 Å². The van der Waals surface area contributed by atoms with Crippen molar-refractivity contribution in [1.29, 1.82) is 0 Å². The van der Waals surface area contributed by atoms with E-state index in [4.69, 9.17) is 0 Å². The highest BCUT2D eigenvalue weighted by atomic mass is 16.2. The van der Waals surface area contributed by atoms with E-state index in [1.54, 1.807) is 6.92 Å². The second-order valence-corrected chi connectivity index (χ2v) is 6.04. The highest BCUT2D eigenvalue weighted by Crippen LogP contribution is 2.33. The molecule has 0 radical (unpaired) electrons. The van der Waals surface area contributed by atoms with Gasteiger partial charge in [0.2, 0.25) is 0 Å². The Morgan fingerprint density at radius 1 is 0.680 bits per heavy atom. The standard InChI is InChI=1S/C16H10.C5H6N2O2/c1-3-11-7-9-13-5-2-6-14-10-8-12(4-1)15(11)16(13)14;1-3-2-6-5(9)7-4(3)8/h1-10H;2H,1H3,(H2,6,7,8,9). The lowest BCUT2D eigenvalue weighted by atomic mass is 9.95. The second kappa shape index (κ2) is 5.91. The summed E-state index contributed by atoms with van der Waals surface area (Å²) in [4.78, 5) is 25.3. The van der Waals surface area contributed by atoms with Gasteiger partial charge in [0.1, 0.15) is 0 Å². The minimum Gasteiger partial charge on any atom is -0.314 e. The van der Waals surface area contributed by atoms with E-state index in [1.807, 2.05) is 0 Å². The Balaban J connectivity index is 0.000000150. The lowest BCUT2D eigenvalue weighted by Gasteiger charge is -2.09. The molecule has 0 fully saturated rings. The number of rotatable bonds is 0. The Bertz CT molecular complexity index is 1170. The number of aryl methyl sites for hydroxylation is 1. The highest BCUT2D eigenvalue weighted by Gasteiger charge is 2.05. The van der Waals surface area contributed by atoms with Gasteiger partial charge in [-0.15, -0.1) is 0 Å². The van der Waals surface area contributed by atoms with Gasteiger partial charge in [-0.3, -0.25) is 9.78 Å². The summed E-state index contributed by atoms with van der Waals surface area (Å²) >= 11 is 0. The van der Waals surface area contributed by atoms with Gasteiger partial charge in [0.25, 0.3) is 5.56 Å². The van der Waals surface area contributed by atoms with Gasteiger partial charge >= 0.3 is 5.69 Å². The first-order chi connectivity index (χ1) is 12.1. The molecule has 4 heteroatoms. The van der Waals surface area contributed by atoms with Gasteiger partial charge in [-0.1, -0.05) is 60.7 Å². The van der Waals surface area contributed by atoms with Crippen LogP contribution in [0.3, 0.4) is 0 Å². The highest BCUT2D eigenvalue weighted by molar-refractivity contribution is 6.22. The van der Waals surface area contributed by atoms with E-state index in [1.165, 1.54) is 38.5 Å². The Labute approximate surface area is 143 Å². The third-order valence-electron chi connectivity index (χ3n) is 4.40. The Hall–Kier alpha value is -3.40. The predicted octanol–water partition coefficient (Wildman–Crippen LogP) is 3.96. The van der Waals surface area contributed by atoms with Crippen molar-refractivity contribution in [2.24, 2.45) is 0 Å². The van der Waals surface area contributed by atoms with Crippen molar-refractivity contribution in [1.82, 2.24) is 9.97 Å². The van der Waals surface area contributed by atoms with E-state index >= 15 is 0 Å². The van der Waals surface area contributed by atoms with Crippen LogP contribution in [0.1, 0.15) is 5.56 Å². The summed E-state index contributed by atoms with van der Waals surface area (Å²) < 4.78 is 0. The molecule has 0 bridgehead atoms. The van der Waals surface area contributed by atoms with Gasteiger partial charge in [-0.25, -0.2) is 4.79 Å². The van der Waals surface area contributed by atoms with Crippen molar-refractivity contribution in [3.05, 3.63) is 93.3 Å². The number of benzene rings is 4. The first-order valence-electron chi connectivity index (χ1n) is 8.04. The molecule has 0 saturated carbocycles. The molecule has 122 valence electrons. The summed E-state index contributed by atoms with van der Waals surface area (Å²) in [6.45, 7) is 1.62. The molecule has 0 amide bonds.